The van der Waals surface area contributed by atoms with E-state index in [0.29, 0.717) is 32.3 Å². The van der Waals surface area contributed by atoms with Crippen LogP contribution in [0.15, 0.2) is 48.8 Å². The van der Waals surface area contributed by atoms with Crippen LogP contribution < -0.4 is 10.6 Å². The van der Waals surface area contributed by atoms with Gasteiger partial charge >= 0.3 is 18.0 Å². The molecule has 11 nitrogen and oxygen atoms in total. The SMILES string of the molecule is O=CCC(CCN(Cc1ccccn1)Cc1ccccn1)NC(=O)NC(CCC(=O)O)C(=O)O. The number of carbonyl (C=O) groups excluding carboxylic acids is 2. The lowest BCUT2D eigenvalue weighted by Gasteiger charge is -2.25. The van der Waals surface area contributed by atoms with Gasteiger partial charge in [-0.1, -0.05) is 12.1 Å². The van der Waals surface area contributed by atoms with Gasteiger partial charge in [-0.15, -0.1) is 0 Å². The first-order valence-corrected chi connectivity index (χ1v) is 10.8. The predicted octanol–water partition coefficient (Wildman–Crippen LogP) is 1.44. The minimum atomic E-state index is -1.35. The number of aromatic nitrogens is 2. The van der Waals surface area contributed by atoms with Gasteiger partial charge in [0.15, 0.2) is 0 Å². The second kappa shape index (κ2) is 14.3. The average molecular weight is 472 g/mol. The molecule has 2 atom stereocenters. The van der Waals surface area contributed by atoms with Crippen molar-refractivity contribution in [2.45, 2.75) is 50.9 Å². The van der Waals surface area contributed by atoms with Gasteiger partial charge in [0.2, 0.25) is 0 Å². The Labute approximate surface area is 197 Å². The second-order valence-corrected chi connectivity index (χ2v) is 7.68. The van der Waals surface area contributed by atoms with Crippen LogP contribution in [0.2, 0.25) is 0 Å². The zero-order chi connectivity index (χ0) is 24.8. The highest BCUT2D eigenvalue weighted by Gasteiger charge is 2.22. The zero-order valence-electron chi connectivity index (χ0n) is 18.7. The molecule has 2 unspecified atom stereocenters. The molecule has 0 bridgehead atoms. The van der Waals surface area contributed by atoms with Crippen LogP contribution in [0.3, 0.4) is 0 Å². The number of hydrogen-bond donors (Lipinski definition) is 4. The van der Waals surface area contributed by atoms with Crippen LogP contribution >= 0.6 is 0 Å². The minimum Gasteiger partial charge on any atom is -0.481 e. The fourth-order valence-corrected chi connectivity index (χ4v) is 3.27. The highest BCUT2D eigenvalue weighted by atomic mass is 16.4. The lowest BCUT2D eigenvalue weighted by Crippen LogP contribution is -2.49. The van der Waals surface area contributed by atoms with E-state index in [1.165, 1.54) is 0 Å². The molecule has 4 N–H and O–H groups in total. The van der Waals surface area contributed by atoms with Crippen LogP contribution in [-0.2, 0) is 27.5 Å². The molecule has 0 spiro atoms. The summed E-state index contributed by atoms with van der Waals surface area (Å²) in [5.74, 6) is -2.49. The third-order valence-corrected chi connectivity index (χ3v) is 4.98. The molecular weight excluding hydrogens is 442 g/mol. The second-order valence-electron chi connectivity index (χ2n) is 7.68. The maximum atomic E-state index is 12.3. The number of amides is 2. The van der Waals surface area contributed by atoms with Crippen LogP contribution in [0.25, 0.3) is 0 Å². The van der Waals surface area contributed by atoms with Crippen molar-refractivity contribution in [3.05, 3.63) is 60.2 Å². The summed E-state index contributed by atoms with van der Waals surface area (Å²) in [4.78, 5) is 56.3. The summed E-state index contributed by atoms with van der Waals surface area (Å²) in [5, 5.41) is 22.9. The molecule has 0 aliphatic carbocycles. The molecule has 0 saturated carbocycles. The summed E-state index contributed by atoms with van der Waals surface area (Å²) in [6, 6.07) is 8.60. The van der Waals surface area contributed by atoms with Gasteiger partial charge in [0.25, 0.3) is 0 Å². The van der Waals surface area contributed by atoms with E-state index in [1.54, 1.807) is 12.4 Å². The lowest BCUT2D eigenvalue weighted by molar-refractivity contribution is -0.140. The smallest absolute Gasteiger partial charge is 0.326 e. The molecule has 0 aliphatic heterocycles. The number of hydrogen-bond acceptors (Lipinski definition) is 7. The number of carbonyl (C=O) groups is 4. The van der Waals surface area contributed by atoms with Crippen molar-refractivity contribution in [3.8, 4) is 0 Å². The zero-order valence-corrected chi connectivity index (χ0v) is 18.7. The standard InChI is InChI=1S/C23H29N5O6/c29-14-10-17(26-23(34)27-20(22(32)33)7-8-21(30)31)9-13-28(15-18-5-1-3-11-24-18)16-19-6-2-4-12-25-19/h1-6,11-12,14,17,20H,7-10,13,15-16H2,(H,30,31)(H,32,33)(H2,26,27,34). The number of rotatable bonds is 15. The Morgan fingerprint density at radius 3 is 2.03 bits per heavy atom. The fourth-order valence-electron chi connectivity index (χ4n) is 3.27. The summed E-state index contributed by atoms with van der Waals surface area (Å²) < 4.78 is 0. The van der Waals surface area contributed by atoms with Gasteiger partial charge in [0.1, 0.15) is 12.3 Å². The number of urea groups is 1. The molecular formula is C23H29N5O6. The minimum absolute atomic E-state index is 0.0430. The van der Waals surface area contributed by atoms with Crippen molar-refractivity contribution in [2.75, 3.05) is 6.54 Å². The molecule has 2 heterocycles. The molecule has 0 saturated heterocycles. The number of nitrogens with one attached hydrogen (secondary N) is 2. The first-order valence-electron chi connectivity index (χ1n) is 10.8. The van der Waals surface area contributed by atoms with Crippen LogP contribution in [0.4, 0.5) is 4.79 Å². The lowest BCUT2D eigenvalue weighted by atomic mass is 10.1. The molecule has 0 aromatic carbocycles. The van der Waals surface area contributed by atoms with Crippen LogP contribution in [0.5, 0.6) is 0 Å². The monoisotopic (exact) mass is 471 g/mol. The average Bonchev–Trinajstić information content (AvgIpc) is 2.81. The van der Waals surface area contributed by atoms with E-state index in [9.17, 15) is 24.3 Å². The number of aliphatic carboxylic acids is 2. The Balaban J connectivity index is 1.99. The Kier molecular flexibility index (Phi) is 11.1. The predicted molar refractivity (Wildman–Crippen MR) is 122 cm³/mol. The van der Waals surface area contributed by atoms with E-state index in [-0.39, 0.29) is 12.8 Å². The van der Waals surface area contributed by atoms with Crippen molar-refractivity contribution >= 4 is 24.3 Å². The first-order chi connectivity index (χ1) is 16.4. The van der Waals surface area contributed by atoms with E-state index in [0.717, 1.165) is 11.4 Å². The molecule has 2 amide bonds. The van der Waals surface area contributed by atoms with E-state index >= 15 is 0 Å². The summed E-state index contributed by atoms with van der Waals surface area (Å²) in [5.41, 5.74) is 1.72. The van der Waals surface area contributed by atoms with Gasteiger partial charge in [0.05, 0.1) is 11.4 Å². The van der Waals surface area contributed by atoms with Crippen molar-refractivity contribution in [3.63, 3.8) is 0 Å². The normalized spacial score (nSPS) is 12.5. The van der Waals surface area contributed by atoms with Gasteiger partial charge in [-0.25, -0.2) is 9.59 Å². The highest BCUT2D eigenvalue weighted by molar-refractivity contribution is 5.83. The molecule has 0 aliphatic rings. The van der Waals surface area contributed by atoms with Crippen LogP contribution in [0.1, 0.15) is 37.1 Å². The van der Waals surface area contributed by atoms with E-state index < -0.39 is 36.5 Å². The van der Waals surface area contributed by atoms with E-state index in [1.807, 2.05) is 36.4 Å². The van der Waals surface area contributed by atoms with Crippen LogP contribution in [0, 0.1) is 0 Å². The molecule has 2 rings (SSSR count). The van der Waals surface area contributed by atoms with E-state index in [4.69, 9.17) is 5.11 Å². The summed E-state index contributed by atoms with van der Waals surface area (Å²) >= 11 is 0. The summed E-state index contributed by atoms with van der Waals surface area (Å²) in [6.07, 6.45) is 3.91. The number of pyridine rings is 2. The van der Waals surface area contributed by atoms with E-state index in [2.05, 4.69) is 25.5 Å². The van der Waals surface area contributed by atoms with Crippen molar-refractivity contribution < 1.29 is 29.4 Å². The van der Waals surface area contributed by atoms with Crippen molar-refractivity contribution in [1.29, 1.82) is 0 Å². The highest BCUT2D eigenvalue weighted by Crippen LogP contribution is 2.10. The molecule has 2 aromatic rings. The number of nitrogens with zero attached hydrogens (tertiary/aromatic N) is 3. The molecule has 0 fully saturated rings. The summed E-state index contributed by atoms with van der Waals surface area (Å²) in [6.45, 7) is 1.58. The Morgan fingerprint density at radius 1 is 0.941 bits per heavy atom. The first kappa shape index (κ1) is 26.4. The van der Waals surface area contributed by atoms with Gasteiger partial charge in [-0.2, -0.15) is 0 Å². The van der Waals surface area contributed by atoms with Gasteiger partial charge in [-0.3, -0.25) is 19.7 Å². The largest absolute Gasteiger partial charge is 0.481 e. The van der Waals surface area contributed by atoms with Gasteiger partial charge < -0.3 is 25.6 Å². The number of aldehydes is 1. The van der Waals surface area contributed by atoms with Crippen molar-refractivity contribution in [1.82, 2.24) is 25.5 Å². The fraction of sp³-hybridized carbons (Fsp3) is 0.391. The Hall–Kier alpha value is -3.86. The van der Waals surface area contributed by atoms with Crippen molar-refractivity contribution in [2.24, 2.45) is 0 Å². The Bertz CT molecular complexity index is 886. The molecule has 2 aromatic heterocycles. The summed E-state index contributed by atoms with van der Waals surface area (Å²) in [7, 11) is 0. The van der Waals surface area contributed by atoms with Gasteiger partial charge in [0, 0.05) is 50.9 Å². The molecule has 0 radical (unpaired) electrons. The molecule has 182 valence electrons. The Morgan fingerprint density at radius 2 is 1.56 bits per heavy atom. The maximum absolute atomic E-state index is 12.3. The quantitative estimate of drug-likeness (QED) is 0.282. The number of carboxylic acids is 2. The van der Waals surface area contributed by atoms with Crippen LogP contribution in [-0.4, -0.2) is 68.0 Å². The third kappa shape index (κ3) is 10.2. The van der Waals surface area contributed by atoms with Gasteiger partial charge in [-0.05, 0) is 37.1 Å². The molecule has 34 heavy (non-hydrogen) atoms. The maximum Gasteiger partial charge on any atom is 0.326 e. The third-order valence-electron chi connectivity index (χ3n) is 4.98. The topological polar surface area (TPSA) is 162 Å². The number of carboxylic acid groups (broad SMARTS) is 2. The molecule has 11 heteroatoms.